The third-order valence-corrected chi connectivity index (χ3v) is 3.03. The van der Waals surface area contributed by atoms with Crippen LogP contribution in [0.2, 0.25) is 0 Å². The van der Waals surface area contributed by atoms with Crippen molar-refractivity contribution in [2.24, 2.45) is 5.92 Å². The van der Waals surface area contributed by atoms with Crippen molar-refractivity contribution in [2.45, 2.75) is 64.7 Å². The van der Waals surface area contributed by atoms with E-state index in [-0.39, 0.29) is 0 Å². The maximum Gasteiger partial charge on any atom is -0.0234 e. The minimum Gasteiger partial charge on any atom is -0.0883 e. The highest BCUT2D eigenvalue weighted by Crippen LogP contribution is 2.24. The molecule has 0 unspecified atom stereocenters. The Bertz CT molecular complexity index is 129. The van der Waals surface area contributed by atoms with Crippen LogP contribution in [0.15, 0.2) is 12.2 Å². The van der Waals surface area contributed by atoms with E-state index in [1.807, 2.05) is 0 Å². The molecule has 76 valence electrons. The molecule has 0 radical (unpaired) electrons. The fraction of sp³-hybridized carbons (Fsp3) is 0.846. The standard InChI is InChI=1S/C13H24/c1-2-3-4-5-7-10-13-11-8-6-9-12-13/h7,10,13H,2-6,8-9,11-12H2,1H3. The van der Waals surface area contributed by atoms with Crippen molar-refractivity contribution in [3.63, 3.8) is 0 Å². The molecule has 1 aliphatic rings. The summed E-state index contributed by atoms with van der Waals surface area (Å²) in [5.41, 5.74) is 0. The van der Waals surface area contributed by atoms with Gasteiger partial charge in [0, 0.05) is 0 Å². The summed E-state index contributed by atoms with van der Waals surface area (Å²) in [6, 6.07) is 0. The lowest BCUT2D eigenvalue weighted by molar-refractivity contribution is 0.418. The first-order valence-corrected chi connectivity index (χ1v) is 6.10. The lowest BCUT2D eigenvalue weighted by atomic mass is 9.89. The molecule has 0 heteroatoms. The fourth-order valence-corrected chi connectivity index (χ4v) is 2.13. The molecule has 0 atom stereocenters. The van der Waals surface area contributed by atoms with Crippen molar-refractivity contribution in [1.29, 1.82) is 0 Å². The van der Waals surface area contributed by atoms with E-state index in [9.17, 15) is 0 Å². The van der Waals surface area contributed by atoms with Crippen molar-refractivity contribution >= 4 is 0 Å². The monoisotopic (exact) mass is 180 g/mol. The number of allylic oxidation sites excluding steroid dienone is 2. The van der Waals surface area contributed by atoms with Gasteiger partial charge in [0.1, 0.15) is 0 Å². The summed E-state index contributed by atoms with van der Waals surface area (Å²) >= 11 is 0. The van der Waals surface area contributed by atoms with Crippen LogP contribution in [-0.4, -0.2) is 0 Å². The van der Waals surface area contributed by atoms with Crippen LogP contribution in [0.1, 0.15) is 64.7 Å². The lowest BCUT2D eigenvalue weighted by Crippen LogP contribution is -2.02. The Kier molecular flexibility index (Phi) is 5.97. The summed E-state index contributed by atoms with van der Waals surface area (Å²) in [5.74, 6) is 0.926. The first-order valence-electron chi connectivity index (χ1n) is 6.10. The number of unbranched alkanes of at least 4 members (excludes halogenated alkanes) is 3. The second-order valence-electron chi connectivity index (χ2n) is 4.32. The van der Waals surface area contributed by atoms with Crippen LogP contribution in [0.3, 0.4) is 0 Å². The van der Waals surface area contributed by atoms with Crippen molar-refractivity contribution in [1.82, 2.24) is 0 Å². The second kappa shape index (κ2) is 7.17. The van der Waals surface area contributed by atoms with Gasteiger partial charge in [-0.2, -0.15) is 0 Å². The Balaban J connectivity index is 2.01. The zero-order chi connectivity index (χ0) is 9.36. The summed E-state index contributed by atoms with van der Waals surface area (Å²) < 4.78 is 0. The Morgan fingerprint density at radius 2 is 1.85 bits per heavy atom. The zero-order valence-electron chi connectivity index (χ0n) is 9.10. The van der Waals surface area contributed by atoms with Gasteiger partial charge in [-0.05, 0) is 31.6 Å². The molecule has 1 rings (SSSR count). The first kappa shape index (κ1) is 10.8. The molecular weight excluding hydrogens is 156 g/mol. The number of hydrogen-bond donors (Lipinski definition) is 0. The molecular formula is C13H24. The summed E-state index contributed by atoms with van der Waals surface area (Å²) in [7, 11) is 0. The van der Waals surface area contributed by atoms with Crippen molar-refractivity contribution in [3.05, 3.63) is 12.2 Å². The van der Waals surface area contributed by atoms with Gasteiger partial charge in [0.2, 0.25) is 0 Å². The fourth-order valence-electron chi connectivity index (χ4n) is 2.13. The molecule has 0 aromatic heterocycles. The molecule has 13 heavy (non-hydrogen) atoms. The van der Waals surface area contributed by atoms with Crippen molar-refractivity contribution in [2.75, 3.05) is 0 Å². The predicted octanol–water partition coefficient (Wildman–Crippen LogP) is 4.70. The normalized spacial score (nSPS) is 19.8. The third-order valence-electron chi connectivity index (χ3n) is 3.03. The van der Waals surface area contributed by atoms with Gasteiger partial charge in [-0.15, -0.1) is 0 Å². The van der Waals surface area contributed by atoms with E-state index in [1.165, 1.54) is 57.8 Å². The number of rotatable bonds is 5. The third kappa shape index (κ3) is 5.13. The largest absolute Gasteiger partial charge is 0.0883 e. The highest BCUT2D eigenvalue weighted by Gasteiger charge is 2.08. The highest BCUT2D eigenvalue weighted by atomic mass is 14.1. The maximum absolute atomic E-state index is 2.48. The molecule has 1 saturated carbocycles. The molecule has 0 saturated heterocycles. The summed E-state index contributed by atoms with van der Waals surface area (Å²) in [6.45, 7) is 2.27. The van der Waals surface area contributed by atoms with Crippen molar-refractivity contribution < 1.29 is 0 Å². The number of hydrogen-bond acceptors (Lipinski definition) is 0. The van der Waals surface area contributed by atoms with E-state index in [0.717, 1.165) is 5.92 Å². The highest BCUT2D eigenvalue weighted by molar-refractivity contribution is 4.89. The average molecular weight is 180 g/mol. The molecule has 0 N–H and O–H groups in total. The van der Waals surface area contributed by atoms with E-state index in [4.69, 9.17) is 0 Å². The predicted molar refractivity (Wildman–Crippen MR) is 59.9 cm³/mol. The van der Waals surface area contributed by atoms with Gasteiger partial charge in [0.05, 0.1) is 0 Å². The summed E-state index contributed by atoms with van der Waals surface area (Å²) in [5, 5.41) is 0. The van der Waals surface area contributed by atoms with Crippen LogP contribution in [0.4, 0.5) is 0 Å². The van der Waals surface area contributed by atoms with Crippen LogP contribution in [-0.2, 0) is 0 Å². The Morgan fingerprint density at radius 1 is 1.08 bits per heavy atom. The Labute approximate surface area is 83.4 Å². The quantitative estimate of drug-likeness (QED) is 0.425. The van der Waals surface area contributed by atoms with Crippen LogP contribution < -0.4 is 0 Å². The molecule has 1 aliphatic carbocycles. The molecule has 0 aromatic carbocycles. The average Bonchev–Trinajstić information content (AvgIpc) is 2.19. The van der Waals surface area contributed by atoms with Gasteiger partial charge in [-0.1, -0.05) is 51.2 Å². The smallest absolute Gasteiger partial charge is 0.0234 e. The minimum atomic E-state index is 0.926. The van der Waals surface area contributed by atoms with Crippen LogP contribution in [0.25, 0.3) is 0 Å². The molecule has 0 bridgehead atoms. The van der Waals surface area contributed by atoms with E-state index < -0.39 is 0 Å². The zero-order valence-corrected chi connectivity index (χ0v) is 9.10. The molecule has 0 amide bonds. The molecule has 1 fully saturated rings. The second-order valence-corrected chi connectivity index (χ2v) is 4.32. The lowest BCUT2D eigenvalue weighted by Gasteiger charge is -2.17. The van der Waals surface area contributed by atoms with Crippen LogP contribution in [0, 0.1) is 5.92 Å². The van der Waals surface area contributed by atoms with E-state index in [1.54, 1.807) is 0 Å². The molecule has 0 nitrogen and oxygen atoms in total. The van der Waals surface area contributed by atoms with Crippen molar-refractivity contribution in [3.8, 4) is 0 Å². The molecule has 0 aliphatic heterocycles. The van der Waals surface area contributed by atoms with E-state index in [2.05, 4.69) is 19.1 Å². The van der Waals surface area contributed by atoms with E-state index in [0.29, 0.717) is 0 Å². The van der Waals surface area contributed by atoms with Gasteiger partial charge in [0.15, 0.2) is 0 Å². The summed E-state index contributed by atoms with van der Waals surface area (Å²) in [6.07, 6.45) is 17.6. The molecule has 0 spiro atoms. The van der Waals surface area contributed by atoms with Gasteiger partial charge in [-0.25, -0.2) is 0 Å². The van der Waals surface area contributed by atoms with Gasteiger partial charge in [-0.3, -0.25) is 0 Å². The summed E-state index contributed by atoms with van der Waals surface area (Å²) in [4.78, 5) is 0. The van der Waals surface area contributed by atoms with Gasteiger partial charge >= 0.3 is 0 Å². The molecule has 0 heterocycles. The SMILES string of the molecule is CCCCCC=CC1CCCCC1. The Morgan fingerprint density at radius 3 is 2.54 bits per heavy atom. The van der Waals surface area contributed by atoms with Crippen LogP contribution in [0.5, 0.6) is 0 Å². The van der Waals surface area contributed by atoms with Gasteiger partial charge < -0.3 is 0 Å². The van der Waals surface area contributed by atoms with Gasteiger partial charge in [0.25, 0.3) is 0 Å². The van der Waals surface area contributed by atoms with Crippen LogP contribution >= 0.6 is 0 Å². The Hall–Kier alpha value is -0.260. The maximum atomic E-state index is 2.48. The topological polar surface area (TPSA) is 0 Å². The minimum absolute atomic E-state index is 0.926. The molecule has 0 aromatic rings. The first-order chi connectivity index (χ1) is 6.43. The van der Waals surface area contributed by atoms with E-state index >= 15 is 0 Å².